The Morgan fingerprint density at radius 3 is 3.00 bits per heavy atom. The van der Waals surface area contributed by atoms with E-state index in [1.807, 2.05) is 24.3 Å². The highest BCUT2D eigenvalue weighted by Gasteiger charge is 2.00. The van der Waals surface area contributed by atoms with E-state index in [0.29, 0.717) is 0 Å². The molecule has 0 unspecified atom stereocenters. The number of amides is 1. The Hall–Kier alpha value is -1.16. The third kappa shape index (κ3) is 5.07. The molecule has 1 radical (unpaired) electrons. The standard InChI is InChI=1S/C12H16NO2S/c1-2-3-7-15-10-5-4-6-11(8-10)16-9-12(13)14/h4-6,8,13H,2-3,7,9H2,1H3. The lowest BCUT2D eigenvalue weighted by molar-refractivity contribution is -0.116. The molecule has 0 bridgehead atoms. The summed E-state index contributed by atoms with van der Waals surface area (Å²) in [4.78, 5) is 11.5. The largest absolute Gasteiger partial charge is 0.494 e. The minimum Gasteiger partial charge on any atom is -0.494 e. The molecule has 0 spiro atoms. The summed E-state index contributed by atoms with van der Waals surface area (Å²) in [6.07, 6.45) is 2.16. The third-order valence-electron chi connectivity index (χ3n) is 1.94. The van der Waals surface area contributed by atoms with Gasteiger partial charge in [0.15, 0.2) is 0 Å². The number of nitrogens with one attached hydrogen (secondary N) is 1. The van der Waals surface area contributed by atoms with E-state index in [1.165, 1.54) is 11.8 Å². The van der Waals surface area contributed by atoms with E-state index in [1.54, 1.807) is 0 Å². The molecule has 0 saturated carbocycles. The Morgan fingerprint density at radius 1 is 1.50 bits per heavy atom. The van der Waals surface area contributed by atoms with E-state index in [2.05, 4.69) is 6.92 Å². The van der Waals surface area contributed by atoms with E-state index >= 15 is 0 Å². The van der Waals surface area contributed by atoms with E-state index in [0.717, 1.165) is 30.1 Å². The second-order valence-electron chi connectivity index (χ2n) is 3.39. The van der Waals surface area contributed by atoms with Crippen LogP contribution < -0.4 is 10.5 Å². The van der Waals surface area contributed by atoms with Crippen molar-refractivity contribution in [2.24, 2.45) is 0 Å². The highest BCUT2D eigenvalue weighted by Crippen LogP contribution is 2.22. The van der Waals surface area contributed by atoms with Crippen LogP contribution in [0.25, 0.3) is 0 Å². The van der Waals surface area contributed by atoms with Gasteiger partial charge in [0.2, 0.25) is 5.91 Å². The van der Waals surface area contributed by atoms with Crippen LogP contribution in [0.15, 0.2) is 29.2 Å². The Morgan fingerprint density at radius 2 is 2.31 bits per heavy atom. The zero-order valence-electron chi connectivity index (χ0n) is 9.36. The molecule has 0 aromatic heterocycles. The molecule has 4 heteroatoms. The highest BCUT2D eigenvalue weighted by atomic mass is 32.2. The SMILES string of the molecule is CCCCOc1cccc(SCC([NH])=O)c1. The number of carbonyl (C=O) groups excluding carboxylic acids is 1. The van der Waals surface area contributed by atoms with Crippen molar-refractivity contribution < 1.29 is 9.53 Å². The third-order valence-corrected chi connectivity index (χ3v) is 2.94. The van der Waals surface area contributed by atoms with Crippen LogP contribution in [-0.4, -0.2) is 18.3 Å². The lowest BCUT2D eigenvalue weighted by Gasteiger charge is -2.06. The summed E-state index contributed by atoms with van der Waals surface area (Å²) >= 11 is 1.36. The van der Waals surface area contributed by atoms with Gasteiger partial charge < -0.3 is 4.74 Å². The molecule has 3 nitrogen and oxygen atoms in total. The van der Waals surface area contributed by atoms with Gasteiger partial charge in [-0.1, -0.05) is 19.4 Å². The van der Waals surface area contributed by atoms with Crippen molar-refractivity contribution >= 4 is 17.7 Å². The highest BCUT2D eigenvalue weighted by molar-refractivity contribution is 8.00. The van der Waals surface area contributed by atoms with Gasteiger partial charge in [0, 0.05) is 4.90 Å². The normalized spacial score (nSPS) is 10.1. The number of benzene rings is 1. The van der Waals surface area contributed by atoms with Gasteiger partial charge >= 0.3 is 0 Å². The Balaban J connectivity index is 2.46. The minimum absolute atomic E-state index is 0.193. The summed E-state index contributed by atoms with van der Waals surface area (Å²) in [5.74, 6) is 0.469. The fourth-order valence-electron chi connectivity index (χ4n) is 1.14. The summed E-state index contributed by atoms with van der Waals surface area (Å²) in [6, 6.07) is 7.63. The second kappa shape index (κ2) is 7.17. The monoisotopic (exact) mass is 238 g/mol. The van der Waals surface area contributed by atoms with Gasteiger partial charge in [-0.05, 0) is 24.6 Å². The van der Waals surface area contributed by atoms with Crippen molar-refractivity contribution in [2.45, 2.75) is 24.7 Å². The fourth-order valence-corrected chi connectivity index (χ4v) is 1.81. The van der Waals surface area contributed by atoms with E-state index < -0.39 is 5.91 Å². The minimum atomic E-state index is -0.553. The lowest BCUT2D eigenvalue weighted by Crippen LogP contribution is -2.00. The zero-order valence-corrected chi connectivity index (χ0v) is 10.2. The van der Waals surface area contributed by atoms with Gasteiger partial charge in [-0.3, -0.25) is 10.5 Å². The predicted molar refractivity (Wildman–Crippen MR) is 65.7 cm³/mol. The van der Waals surface area contributed by atoms with Crippen molar-refractivity contribution in [3.05, 3.63) is 24.3 Å². The number of carbonyl (C=O) groups is 1. The maximum absolute atomic E-state index is 10.5. The number of thioether (sulfide) groups is 1. The number of rotatable bonds is 7. The van der Waals surface area contributed by atoms with E-state index in [9.17, 15) is 4.79 Å². The summed E-state index contributed by atoms with van der Waals surface area (Å²) in [5.41, 5.74) is 6.83. The molecule has 0 aliphatic carbocycles. The molecule has 0 heterocycles. The fraction of sp³-hybridized carbons (Fsp3) is 0.417. The van der Waals surface area contributed by atoms with E-state index in [4.69, 9.17) is 10.5 Å². The molecular weight excluding hydrogens is 222 g/mol. The number of hydrogen-bond acceptors (Lipinski definition) is 3. The van der Waals surface area contributed by atoms with Gasteiger partial charge in [0.1, 0.15) is 5.75 Å². The Labute approximate surface area is 100 Å². The first kappa shape index (κ1) is 12.9. The van der Waals surface area contributed by atoms with Gasteiger partial charge in [0.25, 0.3) is 0 Å². The molecule has 1 aromatic carbocycles. The second-order valence-corrected chi connectivity index (χ2v) is 4.44. The summed E-state index contributed by atoms with van der Waals surface area (Å²) in [7, 11) is 0. The summed E-state index contributed by atoms with van der Waals surface area (Å²) in [6.45, 7) is 2.84. The van der Waals surface area contributed by atoms with Crippen LogP contribution in [-0.2, 0) is 4.79 Å². The van der Waals surface area contributed by atoms with Crippen molar-refractivity contribution in [1.29, 1.82) is 0 Å². The predicted octanol–water partition coefficient (Wildman–Crippen LogP) is 2.77. The molecular formula is C12H16NO2S. The average molecular weight is 238 g/mol. The molecule has 0 aliphatic heterocycles. The summed E-state index contributed by atoms with van der Waals surface area (Å²) in [5, 5.41) is 0. The quantitative estimate of drug-likeness (QED) is 0.542. The molecule has 0 fully saturated rings. The van der Waals surface area contributed by atoms with Crippen molar-refractivity contribution in [3.63, 3.8) is 0 Å². The number of ether oxygens (including phenoxy) is 1. The van der Waals surface area contributed by atoms with Crippen LogP contribution in [0, 0.1) is 0 Å². The van der Waals surface area contributed by atoms with Crippen LogP contribution >= 0.6 is 11.8 Å². The van der Waals surface area contributed by atoms with Gasteiger partial charge in [-0.15, -0.1) is 11.8 Å². The molecule has 1 rings (SSSR count). The molecule has 0 aliphatic rings. The smallest absolute Gasteiger partial charge is 0.248 e. The Bertz CT molecular complexity index is 342. The first-order valence-corrected chi connectivity index (χ1v) is 6.31. The van der Waals surface area contributed by atoms with Crippen molar-refractivity contribution in [2.75, 3.05) is 12.4 Å². The summed E-state index contributed by atoms with van der Waals surface area (Å²) < 4.78 is 5.55. The van der Waals surface area contributed by atoms with Crippen LogP contribution in [0.4, 0.5) is 0 Å². The maximum Gasteiger partial charge on any atom is 0.248 e. The van der Waals surface area contributed by atoms with Crippen molar-refractivity contribution in [3.8, 4) is 5.75 Å². The zero-order chi connectivity index (χ0) is 11.8. The Kier molecular flexibility index (Phi) is 5.78. The number of unbranched alkanes of at least 4 members (excludes halogenated alkanes) is 1. The van der Waals surface area contributed by atoms with Gasteiger partial charge in [-0.25, -0.2) is 0 Å². The van der Waals surface area contributed by atoms with Crippen molar-refractivity contribution in [1.82, 2.24) is 5.73 Å². The van der Waals surface area contributed by atoms with Gasteiger partial charge in [-0.2, -0.15) is 0 Å². The van der Waals surface area contributed by atoms with Crippen LogP contribution in [0.3, 0.4) is 0 Å². The number of hydrogen-bond donors (Lipinski definition) is 0. The van der Waals surface area contributed by atoms with E-state index in [-0.39, 0.29) is 5.75 Å². The first-order chi connectivity index (χ1) is 7.72. The topological polar surface area (TPSA) is 50.1 Å². The molecule has 16 heavy (non-hydrogen) atoms. The molecule has 1 aromatic rings. The van der Waals surface area contributed by atoms with Crippen LogP contribution in [0.1, 0.15) is 19.8 Å². The molecule has 1 N–H and O–H groups in total. The first-order valence-electron chi connectivity index (χ1n) is 5.32. The molecule has 0 atom stereocenters. The average Bonchev–Trinajstić information content (AvgIpc) is 2.27. The molecule has 87 valence electrons. The maximum atomic E-state index is 10.5. The molecule has 1 amide bonds. The van der Waals surface area contributed by atoms with Gasteiger partial charge in [0.05, 0.1) is 12.4 Å². The molecule has 0 saturated heterocycles. The van der Waals surface area contributed by atoms with Crippen LogP contribution in [0.2, 0.25) is 0 Å². The van der Waals surface area contributed by atoms with Crippen LogP contribution in [0.5, 0.6) is 5.75 Å². The lowest BCUT2D eigenvalue weighted by atomic mass is 10.3.